The van der Waals surface area contributed by atoms with Gasteiger partial charge >= 0.3 is 0 Å². The lowest BCUT2D eigenvalue weighted by atomic mass is 10.2. The van der Waals surface area contributed by atoms with Crippen molar-refractivity contribution in [2.24, 2.45) is 0 Å². The van der Waals surface area contributed by atoms with Gasteiger partial charge in [-0.25, -0.2) is 4.98 Å². The second-order valence-electron chi connectivity index (χ2n) is 3.87. The molecule has 0 N–H and O–H groups in total. The second-order valence-corrected chi connectivity index (χ2v) is 5.05. The first-order valence-corrected chi connectivity index (χ1v) is 6.78. The van der Waals surface area contributed by atoms with Crippen molar-refractivity contribution in [1.29, 1.82) is 5.26 Å². The molecule has 0 radical (unpaired) electrons. The molecular weight excluding hydrogens is 278 g/mol. The molecule has 0 unspecified atom stereocenters. The molecule has 2 heterocycles. The molecule has 3 rings (SSSR count). The van der Waals surface area contributed by atoms with E-state index in [9.17, 15) is 0 Å². The van der Waals surface area contributed by atoms with Crippen LogP contribution in [0.5, 0.6) is 0 Å². The van der Waals surface area contributed by atoms with Crippen molar-refractivity contribution in [3.63, 3.8) is 0 Å². The number of thioether (sulfide) groups is 1. The summed E-state index contributed by atoms with van der Waals surface area (Å²) in [6.45, 7) is 0. The average molecular weight is 286 g/mol. The average Bonchev–Trinajstić information content (AvgIpc) is 2.79. The molecule has 92 valence electrons. The summed E-state index contributed by atoms with van der Waals surface area (Å²) in [4.78, 5) is 4.57. The fourth-order valence-corrected chi connectivity index (χ4v) is 2.76. The van der Waals surface area contributed by atoms with E-state index in [1.165, 1.54) is 0 Å². The summed E-state index contributed by atoms with van der Waals surface area (Å²) in [5.74, 6) is 0. The highest BCUT2D eigenvalue weighted by molar-refractivity contribution is 8.03. The quantitative estimate of drug-likeness (QED) is 0.523. The maximum absolute atomic E-state index is 8.98. The predicted octanol–water partition coefficient (Wildman–Crippen LogP) is 4.23. The highest BCUT2D eigenvalue weighted by Crippen LogP contribution is 2.35. The number of aromatic nitrogens is 2. The van der Waals surface area contributed by atoms with Gasteiger partial charge in [0.2, 0.25) is 0 Å². The number of benzene rings is 1. The SMILES string of the molecule is N#CSc1c(-c2ccccc2Cl)nc2ccccn12. The Labute approximate surface area is 119 Å². The van der Waals surface area contributed by atoms with E-state index >= 15 is 0 Å². The number of nitriles is 1. The Morgan fingerprint density at radius 3 is 2.74 bits per heavy atom. The highest BCUT2D eigenvalue weighted by Gasteiger charge is 2.16. The van der Waals surface area contributed by atoms with Gasteiger partial charge in [-0.2, -0.15) is 5.26 Å². The number of rotatable bonds is 2. The lowest BCUT2D eigenvalue weighted by Gasteiger charge is -2.02. The number of halogens is 1. The molecule has 0 aliphatic carbocycles. The van der Waals surface area contributed by atoms with Gasteiger partial charge in [0.15, 0.2) is 0 Å². The van der Waals surface area contributed by atoms with Crippen molar-refractivity contribution in [3.8, 4) is 16.7 Å². The van der Waals surface area contributed by atoms with Gasteiger partial charge in [-0.1, -0.05) is 35.9 Å². The van der Waals surface area contributed by atoms with Crippen molar-refractivity contribution in [3.05, 3.63) is 53.7 Å². The molecule has 0 fully saturated rings. The molecule has 1 aromatic carbocycles. The number of pyridine rings is 1. The van der Waals surface area contributed by atoms with Crippen LogP contribution >= 0.6 is 23.4 Å². The Morgan fingerprint density at radius 2 is 1.95 bits per heavy atom. The molecule has 3 nitrogen and oxygen atoms in total. The van der Waals surface area contributed by atoms with E-state index in [2.05, 4.69) is 10.4 Å². The van der Waals surface area contributed by atoms with Crippen molar-refractivity contribution >= 4 is 29.0 Å². The lowest BCUT2D eigenvalue weighted by molar-refractivity contribution is 1.06. The van der Waals surface area contributed by atoms with Gasteiger partial charge < -0.3 is 0 Å². The summed E-state index contributed by atoms with van der Waals surface area (Å²) in [7, 11) is 0. The van der Waals surface area contributed by atoms with Gasteiger partial charge in [-0.3, -0.25) is 4.40 Å². The molecule has 5 heteroatoms. The molecular formula is C14H8ClN3S. The summed E-state index contributed by atoms with van der Waals surface area (Å²) in [6, 6.07) is 13.2. The Hall–Kier alpha value is -1.96. The third-order valence-corrected chi connectivity index (χ3v) is 3.76. The van der Waals surface area contributed by atoms with Crippen LogP contribution < -0.4 is 0 Å². The fraction of sp³-hybridized carbons (Fsp3) is 0. The largest absolute Gasteiger partial charge is 0.293 e. The van der Waals surface area contributed by atoms with Crippen LogP contribution in [0.2, 0.25) is 5.02 Å². The molecule has 0 saturated carbocycles. The summed E-state index contributed by atoms with van der Waals surface area (Å²) in [6.07, 6.45) is 1.89. The van der Waals surface area contributed by atoms with Gasteiger partial charge in [0, 0.05) is 23.5 Å². The topological polar surface area (TPSA) is 41.1 Å². The fourth-order valence-electron chi connectivity index (χ4n) is 1.94. The van der Waals surface area contributed by atoms with Crippen LogP contribution in [-0.4, -0.2) is 9.38 Å². The van der Waals surface area contributed by atoms with E-state index in [4.69, 9.17) is 16.9 Å². The Bertz CT molecular complexity index is 789. The second kappa shape index (κ2) is 4.96. The monoisotopic (exact) mass is 285 g/mol. The van der Waals surface area contributed by atoms with Crippen LogP contribution in [0.25, 0.3) is 16.9 Å². The Kier molecular flexibility index (Phi) is 3.16. The van der Waals surface area contributed by atoms with Crippen molar-refractivity contribution in [1.82, 2.24) is 9.38 Å². The number of nitrogens with zero attached hydrogens (tertiary/aromatic N) is 3. The van der Waals surface area contributed by atoms with Crippen LogP contribution in [0.3, 0.4) is 0 Å². The summed E-state index contributed by atoms with van der Waals surface area (Å²) in [5.41, 5.74) is 2.38. The molecule has 0 amide bonds. The number of hydrogen-bond donors (Lipinski definition) is 0. The van der Waals surface area contributed by atoms with Crippen molar-refractivity contribution in [2.45, 2.75) is 5.03 Å². The third-order valence-electron chi connectivity index (χ3n) is 2.76. The van der Waals surface area contributed by atoms with E-state index in [0.29, 0.717) is 5.02 Å². The minimum absolute atomic E-state index is 0.630. The first kappa shape index (κ1) is 12.1. The lowest BCUT2D eigenvalue weighted by Crippen LogP contribution is -1.85. The van der Waals surface area contributed by atoms with E-state index in [1.807, 2.05) is 53.1 Å². The molecule has 2 aromatic heterocycles. The molecule has 0 aliphatic heterocycles. The zero-order valence-electron chi connectivity index (χ0n) is 9.75. The van der Waals surface area contributed by atoms with Crippen molar-refractivity contribution in [2.75, 3.05) is 0 Å². The smallest absolute Gasteiger partial charge is 0.140 e. The number of fused-ring (bicyclic) bond motifs is 1. The van der Waals surface area contributed by atoms with Gasteiger partial charge in [-0.15, -0.1) is 0 Å². The van der Waals surface area contributed by atoms with E-state index < -0.39 is 0 Å². The standard InChI is InChI=1S/C14H8ClN3S/c15-11-6-2-1-5-10(11)13-14(19-9-16)18-8-4-3-7-12(18)17-13/h1-8H. The van der Waals surface area contributed by atoms with Crippen LogP contribution in [0.4, 0.5) is 0 Å². The summed E-state index contributed by atoms with van der Waals surface area (Å²) >= 11 is 7.31. The molecule has 0 aliphatic rings. The molecule has 0 spiro atoms. The normalized spacial score (nSPS) is 10.5. The number of hydrogen-bond acceptors (Lipinski definition) is 3. The van der Waals surface area contributed by atoms with Crippen molar-refractivity contribution < 1.29 is 0 Å². The Morgan fingerprint density at radius 1 is 1.16 bits per heavy atom. The van der Waals surface area contributed by atoms with E-state index in [-0.39, 0.29) is 0 Å². The minimum atomic E-state index is 0.630. The van der Waals surface area contributed by atoms with Gasteiger partial charge in [0.1, 0.15) is 21.8 Å². The summed E-state index contributed by atoms with van der Waals surface area (Å²) in [5, 5.41) is 12.5. The predicted molar refractivity (Wildman–Crippen MR) is 77.1 cm³/mol. The molecule has 0 atom stereocenters. The van der Waals surface area contributed by atoms with E-state index in [1.54, 1.807) is 0 Å². The highest BCUT2D eigenvalue weighted by atomic mass is 35.5. The Balaban J connectivity index is 2.32. The first-order chi connectivity index (χ1) is 9.31. The molecule has 19 heavy (non-hydrogen) atoms. The summed E-state index contributed by atoms with van der Waals surface area (Å²) < 4.78 is 1.90. The maximum Gasteiger partial charge on any atom is 0.140 e. The molecule has 3 aromatic rings. The van der Waals surface area contributed by atoms with E-state index in [0.717, 1.165) is 33.7 Å². The zero-order chi connectivity index (χ0) is 13.2. The minimum Gasteiger partial charge on any atom is -0.293 e. The van der Waals surface area contributed by atoms with Crippen LogP contribution in [0.15, 0.2) is 53.7 Å². The number of imidazole rings is 1. The van der Waals surface area contributed by atoms with Crippen LogP contribution in [0, 0.1) is 10.7 Å². The molecule has 0 bridgehead atoms. The maximum atomic E-state index is 8.98. The number of thiocyanates is 1. The van der Waals surface area contributed by atoms with Gasteiger partial charge in [0.05, 0.1) is 5.02 Å². The third kappa shape index (κ3) is 2.07. The first-order valence-electron chi connectivity index (χ1n) is 5.59. The molecule has 0 saturated heterocycles. The van der Waals surface area contributed by atoms with Crippen LogP contribution in [-0.2, 0) is 0 Å². The van der Waals surface area contributed by atoms with Gasteiger partial charge in [0.25, 0.3) is 0 Å². The van der Waals surface area contributed by atoms with Gasteiger partial charge in [-0.05, 0) is 18.2 Å². The van der Waals surface area contributed by atoms with Crippen LogP contribution in [0.1, 0.15) is 0 Å². The zero-order valence-corrected chi connectivity index (χ0v) is 11.3.